The van der Waals surface area contributed by atoms with E-state index in [1.54, 1.807) is 23.5 Å². The number of aromatic hydroxyl groups is 1. The number of benzene rings is 1. The molecular weight excluding hydrogens is 232 g/mol. The Morgan fingerprint density at radius 3 is 2.76 bits per heavy atom. The molecule has 3 nitrogen and oxygen atoms in total. The predicted molar refractivity (Wildman–Crippen MR) is 70.2 cm³/mol. The van der Waals surface area contributed by atoms with E-state index in [4.69, 9.17) is 0 Å². The topological polar surface area (TPSA) is 45.1 Å². The largest absolute Gasteiger partial charge is 0.508 e. The van der Waals surface area contributed by atoms with Crippen LogP contribution in [0, 0.1) is 0 Å². The third-order valence-corrected chi connectivity index (χ3v) is 3.37. The molecule has 0 aliphatic rings. The van der Waals surface area contributed by atoms with Gasteiger partial charge in [0.1, 0.15) is 5.75 Å². The zero-order valence-corrected chi connectivity index (χ0v) is 10.6. The van der Waals surface area contributed by atoms with Gasteiger partial charge in [-0.05, 0) is 31.0 Å². The second-order valence-electron chi connectivity index (χ2n) is 4.12. The summed E-state index contributed by atoms with van der Waals surface area (Å²) in [6, 6.07) is 7.78. The van der Waals surface area contributed by atoms with Crippen molar-refractivity contribution in [2.24, 2.45) is 0 Å². The minimum Gasteiger partial charge on any atom is -0.508 e. The highest BCUT2D eigenvalue weighted by Crippen LogP contribution is 2.11. The van der Waals surface area contributed by atoms with Crippen molar-refractivity contribution in [3.8, 4) is 5.75 Å². The Morgan fingerprint density at radius 2 is 2.12 bits per heavy atom. The van der Waals surface area contributed by atoms with Gasteiger partial charge in [0, 0.05) is 23.7 Å². The zero-order valence-electron chi connectivity index (χ0n) is 9.76. The molecule has 2 N–H and O–H groups in total. The van der Waals surface area contributed by atoms with Crippen molar-refractivity contribution in [1.82, 2.24) is 10.3 Å². The summed E-state index contributed by atoms with van der Waals surface area (Å²) in [5, 5.41) is 12.7. The van der Waals surface area contributed by atoms with Gasteiger partial charge in [-0.1, -0.05) is 12.1 Å². The maximum absolute atomic E-state index is 9.20. The molecule has 0 bridgehead atoms. The first kappa shape index (κ1) is 12.1. The summed E-state index contributed by atoms with van der Waals surface area (Å²) in [6.07, 6.45) is 2.85. The zero-order chi connectivity index (χ0) is 12.1. The minimum absolute atomic E-state index is 0.319. The van der Waals surface area contributed by atoms with Gasteiger partial charge in [0.15, 0.2) is 0 Å². The molecule has 0 amide bonds. The third kappa shape index (κ3) is 3.84. The summed E-state index contributed by atoms with van der Waals surface area (Å²) in [5.41, 5.74) is 3.08. The molecule has 0 aliphatic heterocycles. The Labute approximate surface area is 105 Å². The minimum atomic E-state index is 0.319. The number of phenolic OH excluding ortho intramolecular Hbond substituents is 1. The lowest BCUT2D eigenvalue weighted by molar-refractivity contribution is 0.474. The Hall–Kier alpha value is -1.39. The van der Waals surface area contributed by atoms with E-state index in [1.165, 1.54) is 10.4 Å². The van der Waals surface area contributed by atoms with Gasteiger partial charge >= 0.3 is 0 Å². The van der Waals surface area contributed by atoms with Crippen LogP contribution in [0.4, 0.5) is 0 Å². The van der Waals surface area contributed by atoms with Crippen LogP contribution in [0.25, 0.3) is 0 Å². The number of thiazole rings is 1. The molecular formula is C13H16N2OS. The van der Waals surface area contributed by atoms with Crippen LogP contribution in [0.15, 0.2) is 36.0 Å². The van der Waals surface area contributed by atoms with E-state index in [2.05, 4.69) is 17.2 Å². The molecule has 90 valence electrons. The van der Waals surface area contributed by atoms with E-state index >= 15 is 0 Å². The maximum atomic E-state index is 9.20. The van der Waals surface area contributed by atoms with Crippen LogP contribution in [-0.2, 0) is 13.0 Å². The predicted octanol–water partition coefficient (Wildman–Crippen LogP) is 2.57. The SMILES string of the molecule is CC(Cc1ccc(O)cc1)NCc1cncs1. The van der Waals surface area contributed by atoms with Gasteiger partial charge in [0.05, 0.1) is 5.51 Å². The Morgan fingerprint density at radius 1 is 1.35 bits per heavy atom. The molecule has 1 atom stereocenters. The van der Waals surface area contributed by atoms with Crippen molar-refractivity contribution < 1.29 is 5.11 Å². The van der Waals surface area contributed by atoms with Crippen molar-refractivity contribution in [2.75, 3.05) is 0 Å². The van der Waals surface area contributed by atoms with Gasteiger partial charge in [-0.15, -0.1) is 11.3 Å². The highest BCUT2D eigenvalue weighted by Gasteiger charge is 2.04. The summed E-state index contributed by atoms with van der Waals surface area (Å²) >= 11 is 1.67. The summed E-state index contributed by atoms with van der Waals surface area (Å²) < 4.78 is 0. The van der Waals surface area contributed by atoms with Gasteiger partial charge in [-0.3, -0.25) is 4.98 Å². The van der Waals surface area contributed by atoms with Gasteiger partial charge in [-0.25, -0.2) is 0 Å². The molecule has 0 saturated carbocycles. The van der Waals surface area contributed by atoms with Gasteiger partial charge in [0.2, 0.25) is 0 Å². The van der Waals surface area contributed by atoms with Crippen molar-refractivity contribution in [1.29, 1.82) is 0 Å². The lowest BCUT2D eigenvalue weighted by Crippen LogP contribution is -2.27. The first-order chi connectivity index (χ1) is 8.24. The summed E-state index contributed by atoms with van der Waals surface area (Å²) in [4.78, 5) is 5.30. The van der Waals surface area contributed by atoms with E-state index < -0.39 is 0 Å². The van der Waals surface area contributed by atoms with E-state index in [0.717, 1.165) is 13.0 Å². The Kier molecular flexibility index (Phi) is 4.12. The molecule has 0 radical (unpaired) electrons. The second-order valence-corrected chi connectivity index (χ2v) is 5.09. The highest BCUT2D eigenvalue weighted by atomic mass is 32.1. The summed E-state index contributed by atoms with van der Waals surface area (Å²) in [5.74, 6) is 0.319. The van der Waals surface area contributed by atoms with Crippen LogP contribution in [0.2, 0.25) is 0 Å². The van der Waals surface area contributed by atoms with Gasteiger partial charge < -0.3 is 10.4 Å². The molecule has 0 spiro atoms. The number of phenols is 1. The average Bonchev–Trinajstić information content (AvgIpc) is 2.83. The van der Waals surface area contributed by atoms with E-state index in [1.807, 2.05) is 23.8 Å². The highest BCUT2D eigenvalue weighted by molar-refractivity contribution is 7.09. The molecule has 1 unspecified atom stereocenters. The fourth-order valence-electron chi connectivity index (χ4n) is 1.66. The van der Waals surface area contributed by atoms with Gasteiger partial charge in [0.25, 0.3) is 0 Å². The van der Waals surface area contributed by atoms with Crippen LogP contribution in [0.5, 0.6) is 5.75 Å². The smallest absolute Gasteiger partial charge is 0.115 e. The van der Waals surface area contributed by atoms with E-state index in [9.17, 15) is 5.11 Å². The molecule has 2 rings (SSSR count). The lowest BCUT2D eigenvalue weighted by Gasteiger charge is -2.13. The van der Waals surface area contributed by atoms with Gasteiger partial charge in [-0.2, -0.15) is 0 Å². The van der Waals surface area contributed by atoms with Crippen LogP contribution in [0.3, 0.4) is 0 Å². The summed E-state index contributed by atoms with van der Waals surface area (Å²) in [6.45, 7) is 3.03. The molecule has 1 heterocycles. The number of nitrogens with one attached hydrogen (secondary N) is 1. The van der Waals surface area contributed by atoms with Crippen molar-refractivity contribution in [3.63, 3.8) is 0 Å². The van der Waals surface area contributed by atoms with Crippen LogP contribution < -0.4 is 5.32 Å². The second kappa shape index (κ2) is 5.80. The first-order valence-corrected chi connectivity index (χ1v) is 6.50. The van der Waals surface area contributed by atoms with E-state index in [-0.39, 0.29) is 0 Å². The first-order valence-electron chi connectivity index (χ1n) is 5.62. The Balaban J connectivity index is 1.80. The molecule has 0 fully saturated rings. The number of nitrogens with zero attached hydrogens (tertiary/aromatic N) is 1. The normalized spacial score (nSPS) is 12.5. The maximum Gasteiger partial charge on any atom is 0.115 e. The van der Waals surface area contributed by atoms with Crippen molar-refractivity contribution >= 4 is 11.3 Å². The van der Waals surface area contributed by atoms with Crippen molar-refractivity contribution in [2.45, 2.75) is 25.9 Å². The number of hydrogen-bond acceptors (Lipinski definition) is 4. The third-order valence-electron chi connectivity index (χ3n) is 2.59. The molecule has 0 aliphatic carbocycles. The molecule has 2 aromatic rings. The van der Waals surface area contributed by atoms with E-state index in [0.29, 0.717) is 11.8 Å². The fraction of sp³-hybridized carbons (Fsp3) is 0.308. The number of hydrogen-bond donors (Lipinski definition) is 2. The van der Waals surface area contributed by atoms with Crippen molar-refractivity contribution in [3.05, 3.63) is 46.4 Å². The average molecular weight is 248 g/mol. The molecule has 1 aromatic heterocycles. The van der Waals surface area contributed by atoms with Crippen LogP contribution >= 0.6 is 11.3 Å². The Bertz CT molecular complexity index is 439. The summed E-state index contributed by atoms with van der Waals surface area (Å²) in [7, 11) is 0. The number of rotatable bonds is 5. The lowest BCUT2D eigenvalue weighted by atomic mass is 10.1. The molecule has 17 heavy (non-hydrogen) atoms. The standard InChI is InChI=1S/C13H16N2OS/c1-10(15-8-13-7-14-9-17-13)6-11-2-4-12(16)5-3-11/h2-5,7,9-10,15-16H,6,8H2,1H3. The molecule has 1 aromatic carbocycles. The van der Waals surface area contributed by atoms with Crippen LogP contribution in [-0.4, -0.2) is 16.1 Å². The van der Waals surface area contributed by atoms with Crippen LogP contribution in [0.1, 0.15) is 17.4 Å². The molecule has 4 heteroatoms. The monoisotopic (exact) mass is 248 g/mol. The fourth-order valence-corrected chi connectivity index (χ4v) is 2.21. The number of aromatic nitrogens is 1. The quantitative estimate of drug-likeness (QED) is 0.855. The molecule has 0 saturated heterocycles.